The molecule has 1 atom stereocenters. The molecule has 2 aliphatic rings. The Morgan fingerprint density at radius 3 is 2.74 bits per heavy atom. The van der Waals surface area contributed by atoms with Gasteiger partial charge in [-0.15, -0.1) is 0 Å². The molecule has 0 bridgehead atoms. The van der Waals surface area contributed by atoms with Gasteiger partial charge < -0.3 is 14.8 Å². The second kappa shape index (κ2) is 6.95. The zero-order valence-corrected chi connectivity index (χ0v) is 16.1. The quantitative estimate of drug-likeness (QED) is 0.837. The Balaban J connectivity index is 1.37. The third-order valence-corrected chi connectivity index (χ3v) is 6.72. The molecule has 1 fully saturated rings. The molecule has 1 N–H and O–H groups in total. The lowest BCUT2D eigenvalue weighted by Crippen LogP contribution is -2.43. The summed E-state index contributed by atoms with van der Waals surface area (Å²) >= 11 is 0. The summed E-state index contributed by atoms with van der Waals surface area (Å²) in [5, 5.41) is 3.42. The van der Waals surface area contributed by atoms with Gasteiger partial charge in [-0.3, -0.25) is 4.79 Å². The van der Waals surface area contributed by atoms with Crippen molar-refractivity contribution < 1.29 is 13.2 Å². The summed E-state index contributed by atoms with van der Waals surface area (Å²) in [6.45, 7) is 3.34. The molecule has 0 spiro atoms. The molecule has 1 saturated heterocycles. The maximum Gasteiger partial charge on any atom is 0.255 e. The van der Waals surface area contributed by atoms with Crippen molar-refractivity contribution in [2.75, 3.05) is 29.9 Å². The number of carbonyl (C=O) groups is 1. The van der Waals surface area contributed by atoms with Gasteiger partial charge in [-0.05, 0) is 25.5 Å². The Kier molecular flexibility index (Phi) is 4.63. The van der Waals surface area contributed by atoms with E-state index in [0.29, 0.717) is 5.56 Å². The second-order valence-electron chi connectivity index (χ2n) is 7.21. The number of imidazole rings is 1. The van der Waals surface area contributed by atoms with Crippen molar-refractivity contribution in [3.8, 4) is 0 Å². The predicted molar refractivity (Wildman–Crippen MR) is 101 cm³/mol. The van der Waals surface area contributed by atoms with Crippen molar-refractivity contribution in [2.45, 2.75) is 32.4 Å². The number of nitrogens with one attached hydrogen (secondary N) is 1. The average molecular weight is 389 g/mol. The minimum absolute atomic E-state index is 0.0310. The van der Waals surface area contributed by atoms with Crippen LogP contribution in [0.1, 0.15) is 28.3 Å². The average Bonchev–Trinajstić information content (AvgIpc) is 3.01. The zero-order valence-electron chi connectivity index (χ0n) is 15.3. The van der Waals surface area contributed by atoms with Gasteiger partial charge in [0.25, 0.3) is 5.91 Å². The van der Waals surface area contributed by atoms with E-state index in [0.717, 1.165) is 36.7 Å². The highest BCUT2D eigenvalue weighted by atomic mass is 32.2. The van der Waals surface area contributed by atoms with Gasteiger partial charge in [0.15, 0.2) is 9.84 Å². The van der Waals surface area contributed by atoms with E-state index >= 15 is 0 Å². The summed E-state index contributed by atoms with van der Waals surface area (Å²) in [6.07, 6.45) is 5.54. The number of hydrogen-bond donors (Lipinski definition) is 1. The van der Waals surface area contributed by atoms with Crippen LogP contribution in [-0.2, 0) is 22.8 Å². The van der Waals surface area contributed by atoms with Crippen LogP contribution in [0.4, 0.5) is 5.82 Å². The number of nitrogens with zero attached hydrogens (tertiary/aromatic N) is 4. The van der Waals surface area contributed by atoms with Crippen molar-refractivity contribution in [1.29, 1.82) is 0 Å². The lowest BCUT2D eigenvalue weighted by molar-refractivity contribution is 0.0770. The monoisotopic (exact) mass is 389 g/mol. The van der Waals surface area contributed by atoms with Crippen LogP contribution in [0.3, 0.4) is 0 Å². The van der Waals surface area contributed by atoms with Crippen molar-refractivity contribution in [2.24, 2.45) is 0 Å². The van der Waals surface area contributed by atoms with Gasteiger partial charge in [-0.25, -0.2) is 18.4 Å². The highest BCUT2D eigenvalue weighted by Crippen LogP contribution is 2.19. The first-order valence-electron chi connectivity index (χ1n) is 9.14. The molecule has 2 aliphatic heterocycles. The summed E-state index contributed by atoms with van der Waals surface area (Å²) in [6, 6.07) is 3.83. The fourth-order valence-corrected chi connectivity index (χ4v) is 4.82. The molecule has 27 heavy (non-hydrogen) atoms. The molecular formula is C18H23N5O3S. The third-order valence-electron chi connectivity index (χ3n) is 5.11. The van der Waals surface area contributed by atoms with Crippen LogP contribution < -0.4 is 5.32 Å². The summed E-state index contributed by atoms with van der Waals surface area (Å²) in [7, 11) is -3.00. The van der Waals surface area contributed by atoms with Crippen LogP contribution in [-0.4, -0.2) is 64.4 Å². The largest absolute Gasteiger partial charge is 0.366 e. The predicted octanol–water partition coefficient (Wildman–Crippen LogP) is 0.884. The number of anilines is 1. The number of hydrogen-bond acceptors (Lipinski definition) is 6. The van der Waals surface area contributed by atoms with Crippen LogP contribution in [0.5, 0.6) is 0 Å². The molecule has 2 aromatic rings. The number of pyridine rings is 1. The van der Waals surface area contributed by atoms with E-state index in [1.807, 2.05) is 13.0 Å². The summed E-state index contributed by atoms with van der Waals surface area (Å²) in [5.41, 5.74) is 1.52. The fraction of sp³-hybridized carbons (Fsp3) is 0.500. The zero-order chi connectivity index (χ0) is 19.0. The lowest BCUT2D eigenvalue weighted by Gasteiger charge is -2.27. The highest BCUT2D eigenvalue weighted by Gasteiger charge is 2.26. The Bertz CT molecular complexity index is 938. The first-order chi connectivity index (χ1) is 12.9. The van der Waals surface area contributed by atoms with E-state index < -0.39 is 9.84 Å². The Morgan fingerprint density at radius 1 is 1.26 bits per heavy atom. The number of fused-ring (bicyclic) bond motifs is 1. The van der Waals surface area contributed by atoms with Crippen molar-refractivity contribution in [1.82, 2.24) is 19.4 Å². The molecule has 0 aliphatic carbocycles. The number of sulfone groups is 1. The molecule has 4 rings (SSSR count). The lowest BCUT2D eigenvalue weighted by atomic mass is 10.1. The Hall–Kier alpha value is -2.42. The minimum atomic E-state index is -3.00. The van der Waals surface area contributed by atoms with Crippen molar-refractivity contribution in [3.05, 3.63) is 41.6 Å². The van der Waals surface area contributed by atoms with Crippen LogP contribution in [0, 0.1) is 6.92 Å². The molecule has 8 nitrogen and oxygen atoms in total. The van der Waals surface area contributed by atoms with Crippen LogP contribution >= 0.6 is 0 Å². The molecule has 4 heterocycles. The van der Waals surface area contributed by atoms with Gasteiger partial charge in [0.2, 0.25) is 0 Å². The smallest absolute Gasteiger partial charge is 0.255 e. The van der Waals surface area contributed by atoms with E-state index in [4.69, 9.17) is 0 Å². The summed E-state index contributed by atoms with van der Waals surface area (Å²) in [5.74, 6) is 1.76. The SMILES string of the molecule is Cc1cn2c(n1)CCC(Nc1ccc(C(=O)N3CCS(=O)(=O)CC3)cn1)C2. The topological polar surface area (TPSA) is 97.2 Å². The molecule has 0 saturated carbocycles. The van der Waals surface area contributed by atoms with Gasteiger partial charge in [-0.1, -0.05) is 0 Å². The molecule has 0 radical (unpaired) electrons. The fourth-order valence-electron chi connectivity index (χ4n) is 3.62. The Morgan fingerprint density at radius 2 is 2.04 bits per heavy atom. The molecule has 1 unspecified atom stereocenters. The van der Waals surface area contributed by atoms with E-state index in [1.54, 1.807) is 17.2 Å². The molecule has 9 heteroatoms. The maximum absolute atomic E-state index is 12.5. The Labute approximate surface area is 158 Å². The van der Waals surface area contributed by atoms with E-state index in [9.17, 15) is 13.2 Å². The first kappa shape index (κ1) is 18.0. The third kappa shape index (κ3) is 3.97. The van der Waals surface area contributed by atoms with Gasteiger partial charge in [0.1, 0.15) is 11.6 Å². The summed E-state index contributed by atoms with van der Waals surface area (Å²) < 4.78 is 25.2. The molecule has 2 aromatic heterocycles. The van der Waals surface area contributed by atoms with E-state index in [-0.39, 0.29) is 36.5 Å². The molecule has 1 amide bonds. The molecule has 144 valence electrons. The number of amides is 1. The number of aryl methyl sites for hydroxylation is 2. The van der Waals surface area contributed by atoms with E-state index in [1.165, 1.54) is 0 Å². The number of carbonyl (C=O) groups excluding carboxylic acids is 1. The maximum atomic E-state index is 12.5. The number of aromatic nitrogens is 3. The van der Waals surface area contributed by atoms with Crippen LogP contribution in [0.2, 0.25) is 0 Å². The molecular weight excluding hydrogens is 366 g/mol. The minimum Gasteiger partial charge on any atom is -0.366 e. The van der Waals surface area contributed by atoms with Crippen LogP contribution in [0.15, 0.2) is 24.5 Å². The van der Waals surface area contributed by atoms with Gasteiger partial charge in [-0.2, -0.15) is 0 Å². The summed E-state index contributed by atoms with van der Waals surface area (Å²) in [4.78, 5) is 23.0. The van der Waals surface area contributed by atoms with Gasteiger partial charge >= 0.3 is 0 Å². The van der Waals surface area contributed by atoms with Gasteiger partial charge in [0, 0.05) is 44.5 Å². The second-order valence-corrected chi connectivity index (χ2v) is 9.51. The number of rotatable bonds is 3. The van der Waals surface area contributed by atoms with E-state index in [2.05, 4.69) is 26.0 Å². The molecule has 0 aromatic carbocycles. The standard InChI is InChI=1S/C18H23N5O3S/c1-13-11-23-12-15(3-5-17(23)20-13)21-16-4-2-14(10-19-16)18(24)22-6-8-27(25,26)9-7-22/h2,4,10-11,15H,3,5-9,12H2,1H3,(H,19,21). The highest BCUT2D eigenvalue weighted by molar-refractivity contribution is 7.91. The normalized spacial score (nSPS) is 21.5. The van der Waals surface area contributed by atoms with Crippen molar-refractivity contribution in [3.63, 3.8) is 0 Å². The first-order valence-corrected chi connectivity index (χ1v) is 11.0. The van der Waals surface area contributed by atoms with Gasteiger partial charge in [0.05, 0.1) is 22.8 Å². The van der Waals surface area contributed by atoms with Crippen molar-refractivity contribution >= 4 is 21.6 Å². The van der Waals surface area contributed by atoms with Crippen LogP contribution in [0.25, 0.3) is 0 Å².